The van der Waals surface area contributed by atoms with Crippen LogP contribution in [0.1, 0.15) is 19.4 Å². The van der Waals surface area contributed by atoms with Crippen LogP contribution in [0.15, 0.2) is 102 Å². The Morgan fingerprint density at radius 1 is 0.895 bits per heavy atom. The molecule has 1 N–H and O–H groups in total. The molecule has 190 valence electrons. The summed E-state index contributed by atoms with van der Waals surface area (Å²) in [4.78, 5) is 30.8. The van der Waals surface area contributed by atoms with Crippen molar-refractivity contribution in [3.63, 3.8) is 0 Å². The zero-order valence-corrected chi connectivity index (χ0v) is 20.7. The smallest absolute Gasteiger partial charge is 0.270 e. The lowest BCUT2D eigenvalue weighted by Crippen LogP contribution is -2.36. The van der Waals surface area contributed by atoms with Crippen LogP contribution in [0.25, 0.3) is 22.3 Å². The Labute approximate surface area is 218 Å². The van der Waals surface area contributed by atoms with Gasteiger partial charge in [0, 0.05) is 36.1 Å². The molecule has 5 rings (SSSR count). The Morgan fingerprint density at radius 3 is 2.29 bits per heavy atom. The Morgan fingerprint density at radius 2 is 1.61 bits per heavy atom. The first-order valence-electron chi connectivity index (χ1n) is 12.0. The molecule has 0 saturated carbocycles. The van der Waals surface area contributed by atoms with E-state index in [2.05, 4.69) is 15.4 Å². The highest BCUT2D eigenvalue weighted by Crippen LogP contribution is 2.35. The fraction of sp³-hybridized carbons (Fsp3) is 0.133. The van der Waals surface area contributed by atoms with E-state index in [1.54, 1.807) is 19.3 Å². The number of amides is 2. The minimum Gasteiger partial charge on any atom is -0.325 e. The van der Waals surface area contributed by atoms with Gasteiger partial charge in [0.15, 0.2) is 5.92 Å². The van der Waals surface area contributed by atoms with Crippen LogP contribution in [-0.4, -0.2) is 22.5 Å². The molecule has 1 aliphatic heterocycles. The first-order chi connectivity index (χ1) is 18.2. The molecule has 0 saturated heterocycles. The molecule has 6 nitrogen and oxygen atoms in total. The van der Waals surface area contributed by atoms with Gasteiger partial charge in [0.1, 0.15) is 0 Å². The molecule has 38 heavy (non-hydrogen) atoms. The molecule has 3 aromatic carbocycles. The minimum atomic E-state index is -3.06. The maximum Gasteiger partial charge on any atom is 0.270 e. The van der Waals surface area contributed by atoms with Crippen molar-refractivity contribution in [1.29, 1.82) is 0 Å². The number of carbonyl (C=O) groups is 2. The molecule has 0 bridgehead atoms. The normalized spacial score (nSPS) is 15.4. The molecule has 0 spiro atoms. The van der Waals surface area contributed by atoms with E-state index in [0.717, 1.165) is 29.2 Å². The zero-order valence-electron chi connectivity index (χ0n) is 20.7. The highest BCUT2D eigenvalue weighted by Gasteiger charge is 2.40. The van der Waals surface area contributed by atoms with Gasteiger partial charge in [0.2, 0.25) is 5.91 Å². The Hall–Kier alpha value is -4.72. The number of rotatable bonds is 6. The topological polar surface area (TPSA) is 74.7 Å². The second-order valence-electron chi connectivity index (χ2n) is 9.16. The van der Waals surface area contributed by atoms with Crippen LogP contribution < -0.4 is 10.3 Å². The first-order valence-corrected chi connectivity index (χ1v) is 12.0. The molecule has 0 fully saturated rings. The molecule has 1 aromatic heterocycles. The molecule has 1 aliphatic rings. The Balaban J connectivity index is 1.47. The second-order valence-corrected chi connectivity index (χ2v) is 9.16. The third-order valence-corrected chi connectivity index (χ3v) is 6.29. The maximum atomic E-state index is 13.7. The highest BCUT2D eigenvalue weighted by molar-refractivity contribution is 6.28. The van der Waals surface area contributed by atoms with Crippen molar-refractivity contribution >= 4 is 28.9 Å². The van der Waals surface area contributed by atoms with Gasteiger partial charge < -0.3 is 5.32 Å². The van der Waals surface area contributed by atoms with Crippen LogP contribution in [0.4, 0.5) is 20.2 Å². The minimum absolute atomic E-state index is 0.179. The summed E-state index contributed by atoms with van der Waals surface area (Å²) in [6.45, 7) is 2.38. The molecule has 8 heteroatoms. The van der Waals surface area contributed by atoms with Crippen LogP contribution in [0.2, 0.25) is 0 Å². The number of nitrogens with zero attached hydrogens (tertiary/aromatic N) is 3. The highest BCUT2D eigenvalue weighted by atomic mass is 19.3. The molecular formula is C30H24F2N4O2. The van der Waals surface area contributed by atoms with Gasteiger partial charge in [0.05, 0.1) is 11.4 Å². The number of hydrazone groups is 1. The first kappa shape index (κ1) is 25.0. The van der Waals surface area contributed by atoms with Gasteiger partial charge in [-0.2, -0.15) is 10.1 Å². The molecule has 1 unspecified atom stereocenters. The van der Waals surface area contributed by atoms with Gasteiger partial charge in [-0.1, -0.05) is 48.5 Å². The van der Waals surface area contributed by atoms with Crippen molar-refractivity contribution in [3.05, 3.63) is 103 Å². The summed E-state index contributed by atoms with van der Waals surface area (Å²) in [6.07, 6.45) is 3.42. The standard InChI is InChI=1S/C30H24F2N4O2/c1-19-27(28(37)34-25-12-6-11-24(17-25)30(2,31)32)29(38)36(35-19)26-15-22(20-8-4-3-5-9-20)14-23(16-26)21-10-7-13-33-18-21/h3-18,27H,1-2H3,(H,34,37). The van der Waals surface area contributed by atoms with Gasteiger partial charge in [-0.3, -0.25) is 14.6 Å². The summed E-state index contributed by atoms with van der Waals surface area (Å²) in [6, 6.07) is 24.6. The van der Waals surface area contributed by atoms with Gasteiger partial charge in [-0.15, -0.1) is 0 Å². The number of hydrogen-bond donors (Lipinski definition) is 1. The van der Waals surface area contributed by atoms with Crippen molar-refractivity contribution in [2.75, 3.05) is 10.3 Å². The fourth-order valence-corrected chi connectivity index (χ4v) is 4.37. The van der Waals surface area contributed by atoms with Crippen LogP contribution in [-0.2, 0) is 15.5 Å². The third kappa shape index (κ3) is 5.06. The summed E-state index contributed by atoms with van der Waals surface area (Å²) in [5.41, 5.74) is 4.26. The molecular weight excluding hydrogens is 486 g/mol. The number of halogens is 2. The van der Waals surface area contributed by atoms with Crippen LogP contribution in [0.5, 0.6) is 0 Å². The average Bonchev–Trinajstić information content (AvgIpc) is 3.22. The van der Waals surface area contributed by atoms with E-state index in [9.17, 15) is 18.4 Å². The summed E-state index contributed by atoms with van der Waals surface area (Å²) < 4.78 is 27.5. The SMILES string of the molecule is CC1=NN(c2cc(-c3ccccc3)cc(-c3cccnc3)c2)C(=O)C1C(=O)Nc1cccc(C(C)(F)F)c1. The number of anilines is 2. The van der Waals surface area contributed by atoms with E-state index in [4.69, 9.17) is 0 Å². The summed E-state index contributed by atoms with van der Waals surface area (Å²) in [7, 11) is 0. The van der Waals surface area contributed by atoms with E-state index < -0.39 is 23.7 Å². The molecule has 0 aliphatic carbocycles. The van der Waals surface area contributed by atoms with Crippen LogP contribution in [0.3, 0.4) is 0 Å². The van der Waals surface area contributed by atoms with Gasteiger partial charge >= 0.3 is 0 Å². The number of benzene rings is 3. The fourth-order valence-electron chi connectivity index (χ4n) is 4.37. The van der Waals surface area contributed by atoms with E-state index in [-0.39, 0.29) is 11.3 Å². The summed E-state index contributed by atoms with van der Waals surface area (Å²) in [5, 5.41) is 8.23. The van der Waals surface area contributed by atoms with E-state index in [0.29, 0.717) is 11.4 Å². The number of nitrogens with one attached hydrogen (secondary N) is 1. The lowest BCUT2D eigenvalue weighted by Gasteiger charge is -2.18. The number of carbonyl (C=O) groups excluding carboxylic acids is 2. The second kappa shape index (κ2) is 9.97. The van der Waals surface area contributed by atoms with Crippen LogP contribution in [0, 0.1) is 5.92 Å². The molecule has 4 aromatic rings. The maximum absolute atomic E-state index is 13.7. The van der Waals surface area contributed by atoms with Crippen LogP contribution >= 0.6 is 0 Å². The molecule has 0 radical (unpaired) electrons. The third-order valence-electron chi connectivity index (χ3n) is 6.29. The summed E-state index contributed by atoms with van der Waals surface area (Å²) in [5.74, 6) is -5.42. The number of hydrogen-bond acceptors (Lipinski definition) is 4. The Bertz CT molecular complexity index is 1480. The van der Waals surface area contributed by atoms with Crippen molar-refractivity contribution < 1.29 is 18.4 Å². The van der Waals surface area contributed by atoms with Crippen molar-refractivity contribution in [2.45, 2.75) is 19.8 Å². The zero-order chi connectivity index (χ0) is 26.9. The lowest BCUT2D eigenvalue weighted by atomic mass is 9.98. The number of pyridine rings is 1. The Kier molecular flexibility index (Phi) is 6.55. The average molecular weight is 511 g/mol. The van der Waals surface area contributed by atoms with E-state index in [1.807, 2.05) is 60.7 Å². The largest absolute Gasteiger partial charge is 0.325 e. The number of aromatic nitrogens is 1. The molecule has 1 atom stereocenters. The van der Waals surface area contributed by atoms with Crippen molar-refractivity contribution in [2.24, 2.45) is 11.0 Å². The predicted octanol–water partition coefficient (Wildman–Crippen LogP) is 6.50. The van der Waals surface area contributed by atoms with Gasteiger partial charge in [0.25, 0.3) is 11.8 Å². The molecule has 2 heterocycles. The van der Waals surface area contributed by atoms with Gasteiger partial charge in [-0.25, -0.2) is 8.78 Å². The number of alkyl halides is 2. The monoisotopic (exact) mass is 510 g/mol. The lowest BCUT2D eigenvalue weighted by molar-refractivity contribution is -0.127. The summed E-state index contributed by atoms with van der Waals surface area (Å²) >= 11 is 0. The predicted molar refractivity (Wildman–Crippen MR) is 144 cm³/mol. The van der Waals surface area contributed by atoms with Gasteiger partial charge in [-0.05, 0) is 60.0 Å². The van der Waals surface area contributed by atoms with Crippen molar-refractivity contribution in [1.82, 2.24) is 4.98 Å². The molecule has 2 amide bonds. The van der Waals surface area contributed by atoms with Crippen molar-refractivity contribution in [3.8, 4) is 22.3 Å². The quantitative estimate of drug-likeness (QED) is 0.301. The van der Waals surface area contributed by atoms with E-state index >= 15 is 0 Å². The van der Waals surface area contributed by atoms with E-state index in [1.165, 1.54) is 29.3 Å².